The lowest BCUT2D eigenvalue weighted by atomic mass is 10.0. The van der Waals surface area contributed by atoms with Crippen LogP contribution in [0.2, 0.25) is 0 Å². The summed E-state index contributed by atoms with van der Waals surface area (Å²) in [6, 6.07) is 0. The molecule has 1 saturated heterocycles. The Morgan fingerprint density at radius 3 is 2.82 bits per heavy atom. The third kappa shape index (κ3) is 2.46. The van der Waals surface area contributed by atoms with Crippen molar-refractivity contribution in [2.75, 3.05) is 19.8 Å². The lowest BCUT2D eigenvalue weighted by Gasteiger charge is -2.15. The van der Waals surface area contributed by atoms with Crippen LogP contribution in [0.15, 0.2) is 0 Å². The van der Waals surface area contributed by atoms with Crippen molar-refractivity contribution in [1.82, 2.24) is 0 Å². The Bertz CT molecular complexity index is 91.7. The lowest BCUT2D eigenvalue weighted by molar-refractivity contribution is 0.0324. The normalized spacial score (nSPS) is 31.1. The van der Waals surface area contributed by atoms with Gasteiger partial charge in [-0.25, -0.2) is 0 Å². The quantitative estimate of drug-likeness (QED) is 0.621. The first-order valence-corrected chi connectivity index (χ1v) is 4.57. The second-order valence-corrected chi connectivity index (χ2v) is 3.08. The molecule has 2 nitrogen and oxygen atoms in total. The van der Waals surface area contributed by atoms with Crippen molar-refractivity contribution in [3.63, 3.8) is 0 Å². The highest BCUT2D eigenvalue weighted by Crippen LogP contribution is 2.21. The summed E-state index contributed by atoms with van der Waals surface area (Å²) in [5.74, 6) is 0.653. The number of hydrogen-bond acceptors (Lipinski definition) is 2. The summed E-state index contributed by atoms with van der Waals surface area (Å²) in [6.45, 7) is 6.77. The monoisotopic (exact) mass is 158 g/mol. The molecule has 0 spiro atoms. The predicted octanol–water partition coefficient (Wildman–Crippen LogP) is 1.84. The third-order valence-electron chi connectivity index (χ3n) is 2.18. The van der Waals surface area contributed by atoms with E-state index in [0.29, 0.717) is 12.0 Å². The van der Waals surface area contributed by atoms with Crippen molar-refractivity contribution in [2.45, 2.75) is 32.8 Å². The molecule has 0 amide bonds. The standard InChI is InChI=1S/C9H18O2/c1-3-5-8-6-10-7-9(8)11-4-2/h8-9H,3-7H2,1-2H3/t8-,9+/m1/s1. The first-order valence-electron chi connectivity index (χ1n) is 4.57. The van der Waals surface area contributed by atoms with Gasteiger partial charge in [-0.05, 0) is 13.3 Å². The average molecular weight is 158 g/mol. The second-order valence-electron chi connectivity index (χ2n) is 3.08. The molecule has 0 aromatic rings. The molecule has 0 unspecified atom stereocenters. The van der Waals surface area contributed by atoms with E-state index < -0.39 is 0 Å². The minimum absolute atomic E-state index is 0.375. The molecule has 0 aromatic heterocycles. The van der Waals surface area contributed by atoms with Crippen LogP contribution in [-0.2, 0) is 9.47 Å². The highest BCUT2D eigenvalue weighted by atomic mass is 16.5. The molecule has 0 N–H and O–H groups in total. The van der Waals surface area contributed by atoms with Crippen LogP contribution in [0, 0.1) is 5.92 Å². The minimum Gasteiger partial charge on any atom is -0.378 e. The predicted molar refractivity (Wildman–Crippen MR) is 44.6 cm³/mol. The van der Waals surface area contributed by atoms with E-state index in [9.17, 15) is 0 Å². The first-order chi connectivity index (χ1) is 5.38. The van der Waals surface area contributed by atoms with E-state index in [1.165, 1.54) is 12.8 Å². The van der Waals surface area contributed by atoms with Gasteiger partial charge in [0, 0.05) is 12.5 Å². The third-order valence-corrected chi connectivity index (χ3v) is 2.18. The molecule has 2 atom stereocenters. The number of rotatable bonds is 4. The van der Waals surface area contributed by atoms with Crippen LogP contribution in [0.25, 0.3) is 0 Å². The van der Waals surface area contributed by atoms with Crippen LogP contribution >= 0.6 is 0 Å². The Labute approximate surface area is 68.9 Å². The van der Waals surface area contributed by atoms with Gasteiger partial charge in [-0.3, -0.25) is 0 Å². The summed E-state index contributed by atoms with van der Waals surface area (Å²) < 4.78 is 10.9. The maximum absolute atomic E-state index is 5.54. The van der Waals surface area contributed by atoms with Gasteiger partial charge < -0.3 is 9.47 Å². The maximum Gasteiger partial charge on any atom is 0.0858 e. The summed E-state index contributed by atoms with van der Waals surface area (Å²) in [7, 11) is 0. The van der Waals surface area contributed by atoms with Gasteiger partial charge in [-0.2, -0.15) is 0 Å². The Hall–Kier alpha value is -0.0800. The first kappa shape index (κ1) is 9.01. The smallest absolute Gasteiger partial charge is 0.0858 e. The molecule has 1 fully saturated rings. The molecule has 2 heteroatoms. The fraction of sp³-hybridized carbons (Fsp3) is 1.00. The van der Waals surface area contributed by atoms with E-state index in [2.05, 4.69) is 6.92 Å². The Morgan fingerprint density at radius 2 is 2.18 bits per heavy atom. The van der Waals surface area contributed by atoms with Gasteiger partial charge in [-0.1, -0.05) is 13.3 Å². The Kier molecular flexibility index (Phi) is 3.87. The van der Waals surface area contributed by atoms with E-state index >= 15 is 0 Å². The second kappa shape index (κ2) is 4.73. The molecular formula is C9H18O2. The van der Waals surface area contributed by atoms with E-state index in [1.807, 2.05) is 6.92 Å². The highest BCUT2D eigenvalue weighted by Gasteiger charge is 2.27. The summed E-state index contributed by atoms with van der Waals surface area (Å²) in [5.41, 5.74) is 0. The van der Waals surface area contributed by atoms with Crippen molar-refractivity contribution in [3.05, 3.63) is 0 Å². The van der Waals surface area contributed by atoms with Crippen molar-refractivity contribution in [2.24, 2.45) is 5.92 Å². The average Bonchev–Trinajstić information content (AvgIpc) is 2.39. The van der Waals surface area contributed by atoms with Gasteiger partial charge in [0.1, 0.15) is 0 Å². The van der Waals surface area contributed by atoms with Crippen molar-refractivity contribution < 1.29 is 9.47 Å². The van der Waals surface area contributed by atoms with E-state index in [0.717, 1.165) is 19.8 Å². The topological polar surface area (TPSA) is 18.5 Å². The van der Waals surface area contributed by atoms with Gasteiger partial charge in [0.05, 0.1) is 19.3 Å². The van der Waals surface area contributed by atoms with Crippen LogP contribution in [0.1, 0.15) is 26.7 Å². The summed E-state index contributed by atoms with van der Waals surface area (Å²) >= 11 is 0. The van der Waals surface area contributed by atoms with Crippen LogP contribution in [-0.4, -0.2) is 25.9 Å². The Morgan fingerprint density at radius 1 is 1.36 bits per heavy atom. The van der Waals surface area contributed by atoms with Gasteiger partial charge in [0.2, 0.25) is 0 Å². The highest BCUT2D eigenvalue weighted by molar-refractivity contribution is 4.75. The molecule has 1 rings (SSSR count). The van der Waals surface area contributed by atoms with Crippen LogP contribution in [0.3, 0.4) is 0 Å². The minimum atomic E-state index is 0.375. The van der Waals surface area contributed by atoms with Crippen LogP contribution < -0.4 is 0 Å². The molecular weight excluding hydrogens is 140 g/mol. The van der Waals surface area contributed by atoms with Crippen LogP contribution in [0.5, 0.6) is 0 Å². The molecule has 66 valence electrons. The fourth-order valence-electron chi connectivity index (χ4n) is 1.62. The zero-order chi connectivity index (χ0) is 8.10. The number of hydrogen-bond donors (Lipinski definition) is 0. The molecule has 0 bridgehead atoms. The van der Waals surface area contributed by atoms with E-state index in [4.69, 9.17) is 9.47 Å². The van der Waals surface area contributed by atoms with Crippen molar-refractivity contribution >= 4 is 0 Å². The molecule has 11 heavy (non-hydrogen) atoms. The van der Waals surface area contributed by atoms with Gasteiger partial charge in [0.15, 0.2) is 0 Å². The SMILES string of the molecule is CCC[C@@H]1COC[C@@H]1OCC. The van der Waals surface area contributed by atoms with E-state index in [1.54, 1.807) is 0 Å². The van der Waals surface area contributed by atoms with Crippen molar-refractivity contribution in [1.29, 1.82) is 0 Å². The molecule has 0 radical (unpaired) electrons. The lowest BCUT2D eigenvalue weighted by Crippen LogP contribution is -2.22. The molecule has 1 heterocycles. The largest absolute Gasteiger partial charge is 0.378 e. The van der Waals surface area contributed by atoms with Crippen LogP contribution in [0.4, 0.5) is 0 Å². The van der Waals surface area contributed by atoms with Gasteiger partial charge >= 0.3 is 0 Å². The molecule has 0 aromatic carbocycles. The van der Waals surface area contributed by atoms with Crippen molar-refractivity contribution in [3.8, 4) is 0 Å². The molecule has 0 saturated carbocycles. The molecule has 1 aliphatic heterocycles. The molecule has 1 aliphatic rings. The summed E-state index contributed by atoms with van der Waals surface area (Å²) in [5, 5.41) is 0. The maximum atomic E-state index is 5.54. The van der Waals surface area contributed by atoms with Gasteiger partial charge in [0.25, 0.3) is 0 Å². The summed E-state index contributed by atoms with van der Waals surface area (Å²) in [4.78, 5) is 0. The summed E-state index contributed by atoms with van der Waals surface area (Å²) in [6.07, 6.45) is 2.85. The molecule has 0 aliphatic carbocycles. The zero-order valence-electron chi connectivity index (χ0n) is 7.51. The zero-order valence-corrected chi connectivity index (χ0v) is 7.51. The van der Waals surface area contributed by atoms with Gasteiger partial charge in [-0.15, -0.1) is 0 Å². The van der Waals surface area contributed by atoms with E-state index in [-0.39, 0.29) is 0 Å². The Balaban J connectivity index is 2.25. The fourth-order valence-corrected chi connectivity index (χ4v) is 1.62. The number of ether oxygens (including phenoxy) is 2.